The van der Waals surface area contributed by atoms with Crippen LogP contribution in [0.4, 0.5) is 5.95 Å². The normalized spacial score (nSPS) is 23.1. The van der Waals surface area contributed by atoms with E-state index in [4.69, 9.17) is 0 Å². The van der Waals surface area contributed by atoms with Crippen molar-refractivity contribution < 1.29 is 0 Å². The zero-order chi connectivity index (χ0) is 12.2. The fourth-order valence-electron chi connectivity index (χ4n) is 3.51. The summed E-state index contributed by atoms with van der Waals surface area (Å²) in [5, 5.41) is 3.66. The first-order valence-electron chi connectivity index (χ1n) is 7.73. The zero-order valence-corrected chi connectivity index (χ0v) is 11.3. The number of nitrogens with one attached hydrogen (secondary N) is 1. The van der Waals surface area contributed by atoms with Gasteiger partial charge in [-0.25, -0.2) is 4.98 Å². The van der Waals surface area contributed by atoms with E-state index in [2.05, 4.69) is 21.1 Å². The lowest BCUT2D eigenvalue weighted by Gasteiger charge is -2.21. The highest BCUT2D eigenvalue weighted by molar-refractivity contribution is 5.28. The first-order chi connectivity index (χ1) is 8.93. The van der Waals surface area contributed by atoms with Crippen LogP contribution in [0.5, 0.6) is 0 Å². The molecule has 0 aliphatic heterocycles. The molecule has 0 bridgehead atoms. The third-order valence-corrected chi connectivity index (χ3v) is 4.58. The van der Waals surface area contributed by atoms with Gasteiger partial charge in [0.15, 0.2) is 0 Å². The molecule has 100 valence electrons. The molecule has 1 heterocycles. The Bertz CT molecular complexity index is 358. The van der Waals surface area contributed by atoms with Crippen LogP contribution in [-0.2, 0) is 0 Å². The second kappa shape index (κ2) is 5.77. The molecule has 1 N–H and O–H groups in total. The van der Waals surface area contributed by atoms with Crippen LogP contribution in [0.1, 0.15) is 70.3 Å². The second-order valence-electron chi connectivity index (χ2n) is 5.93. The zero-order valence-electron chi connectivity index (χ0n) is 11.3. The van der Waals surface area contributed by atoms with Gasteiger partial charge in [-0.05, 0) is 25.7 Å². The lowest BCUT2D eigenvalue weighted by atomic mass is 10.1. The smallest absolute Gasteiger partial charge is 0.203 e. The first-order valence-corrected chi connectivity index (χ1v) is 7.73. The average Bonchev–Trinajstić information content (AvgIpc) is 2.97. The van der Waals surface area contributed by atoms with Crippen LogP contribution < -0.4 is 5.32 Å². The molecule has 3 heteroatoms. The van der Waals surface area contributed by atoms with Crippen LogP contribution in [0.2, 0.25) is 0 Å². The van der Waals surface area contributed by atoms with Gasteiger partial charge in [-0.15, -0.1) is 0 Å². The van der Waals surface area contributed by atoms with E-state index in [0.717, 1.165) is 5.95 Å². The fourth-order valence-corrected chi connectivity index (χ4v) is 3.51. The SMILES string of the molecule is c1cn(C2CCCCCC2)c(NC2CCCC2)n1. The molecule has 0 amide bonds. The van der Waals surface area contributed by atoms with Crippen molar-refractivity contribution in [3.63, 3.8) is 0 Å². The molecular formula is C15H25N3. The molecule has 2 aliphatic carbocycles. The molecule has 2 aliphatic rings. The van der Waals surface area contributed by atoms with Crippen LogP contribution in [0.25, 0.3) is 0 Å². The molecule has 0 aromatic carbocycles. The van der Waals surface area contributed by atoms with Crippen molar-refractivity contribution in [2.75, 3.05) is 5.32 Å². The Morgan fingerprint density at radius 1 is 0.944 bits per heavy atom. The highest BCUT2D eigenvalue weighted by Gasteiger charge is 2.20. The van der Waals surface area contributed by atoms with Crippen LogP contribution >= 0.6 is 0 Å². The standard InChI is InChI=1S/C15H25N3/c1-2-4-10-14(9-3-1)18-12-11-16-15(18)17-13-7-5-6-8-13/h11-14H,1-10H2,(H,16,17). The lowest BCUT2D eigenvalue weighted by molar-refractivity contribution is 0.446. The Morgan fingerprint density at radius 3 is 2.33 bits per heavy atom. The van der Waals surface area contributed by atoms with Crippen molar-refractivity contribution in [1.29, 1.82) is 0 Å². The summed E-state index contributed by atoms with van der Waals surface area (Å²) in [6, 6.07) is 1.34. The van der Waals surface area contributed by atoms with Crippen LogP contribution in [0, 0.1) is 0 Å². The molecule has 0 saturated heterocycles. The summed E-state index contributed by atoms with van der Waals surface area (Å²) in [7, 11) is 0. The van der Waals surface area contributed by atoms with E-state index >= 15 is 0 Å². The molecule has 3 rings (SSSR count). The Hall–Kier alpha value is -0.990. The summed E-state index contributed by atoms with van der Waals surface area (Å²) >= 11 is 0. The third-order valence-electron chi connectivity index (χ3n) is 4.58. The minimum Gasteiger partial charge on any atom is -0.353 e. The molecule has 0 unspecified atom stereocenters. The maximum absolute atomic E-state index is 4.54. The average molecular weight is 247 g/mol. The first kappa shape index (κ1) is 12.1. The van der Waals surface area contributed by atoms with Gasteiger partial charge in [0.25, 0.3) is 0 Å². The third kappa shape index (κ3) is 2.70. The van der Waals surface area contributed by atoms with Gasteiger partial charge in [0.1, 0.15) is 0 Å². The molecule has 3 nitrogen and oxygen atoms in total. The Kier molecular flexibility index (Phi) is 3.87. The van der Waals surface area contributed by atoms with E-state index in [-0.39, 0.29) is 0 Å². The van der Waals surface area contributed by atoms with Gasteiger partial charge in [-0.3, -0.25) is 0 Å². The summed E-state index contributed by atoms with van der Waals surface area (Å²) in [5.74, 6) is 1.12. The van der Waals surface area contributed by atoms with Gasteiger partial charge in [0, 0.05) is 24.5 Å². The monoisotopic (exact) mass is 247 g/mol. The lowest BCUT2D eigenvalue weighted by Crippen LogP contribution is -2.20. The fraction of sp³-hybridized carbons (Fsp3) is 0.800. The van der Waals surface area contributed by atoms with Gasteiger partial charge in [-0.1, -0.05) is 38.5 Å². The van der Waals surface area contributed by atoms with Crippen molar-refractivity contribution >= 4 is 5.95 Å². The van der Waals surface area contributed by atoms with Crippen LogP contribution in [0.15, 0.2) is 12.4 Å². The summed E-state index contributed by atoms with van der Waals surface area (Å²) in [6.45, 7) is 0. The predicted octanol–water partition coefficient (Wildman–Crippen LogP) is 4.13. The summed E-state index contributed by atoms with van der Waals surface area (Å²) in [4.78, 5) is 4.54. The van der Waals surface area contributed by atoms with Crippen molar-refractivity contribution in [2.24, 2.45) is 0 Å². The Morgan fingerprint density at radius 2 is 1.61 bits per heavy atom. The topological polar surface area (TPSA) is 29.9 Å². The minimum atomic E-state index is 0.664. The number of anilines is 1. The van der Waals surface area contributed by atoms with E-state index < -0.39 is 0 Å². The Labute approximate surface area is 110 Å². The largest absolute Gasteiger partial charge is 0.353 e. The highest BCUT2D eigenvalue weighted by Crippen LogP contribution is 2.30. The van der Waals surface area contributed by atoms with Crippen molar-refractivity contribution in [1.82, 2.24) is 9.55 Å². The van der Waals surface area contributed by atoms with Crippen LogP contribution in [0.3, 0.4) is 0 Å². The summed E-state index contributed by atoms with van der Waals surface area (Å²) in [6.07, 6.45) is 17.8. The molecule has 0 spiro atoms. The number of nitrogens with zero attached hydrogens (tertiary/aromatic N) is 2. The van der Waals surface area contributed by atoms with Gasteiger partial charge in [0.05, 0.1) is 0 Å². The number of imidazole rings is 1. The predicted molar refractivity (Wildman–Crippen MR) is 74.8 cm³/mol. The highest BCUT2D eigenvalue weighted by atomic mass is 15.2. The van der Waals surface area contributed by atoms with Gasteiger partial charge >= 0.3 is 0 Å². The van der Waals surface area contributed by atoms with Gasteiger partial charge in [0.2, 0.25) is 5.95 Å². The van der Waals surface area contributed by atoms with E-state index in [0.29, 0.717) is 12.1 Å². The minimum absolute atomic E-state index is 0.664. The second-order valence-corrected chi connectivity index (χ2v) is 5.93. The molecule has 0 atom stereocenters. The molecule has 18 heavy (non-hydrogen) atoms. The quantitative estimate of drug-likeness (QED) is 0.814. The van der Waals surface area contributed by atoms with Crippen LogP contribution in [-0.4, -0.2) is 15.6 Å². The van der Waals surface area contributed by atoms with Gasteiger partial charge in [-0.2, -0.15) is 0 Å². The maximum atomic E-state index is 4.54. The van der Waals surface area contributed by atoms with Gasteiger partial charge < -0.3 is 9.88 Å². The molecule has 0 radical (unpaired) electrons. The van der Waals surface area contributed by atoms with E-state index in [9.17, 15) is 0 Å². The number of aromatic nitrogens is 2. The summed E-state index contributed by atoms with van der Waals surface area (Å²) in [5.41, 5.74) is 0. The molecule has 1 aromatic rings. The van der Waals surface area contributed by atoms with Crippen molar-refractivity contribution in [3.05, 3.63) is 12.4 Å². The van der Waals surface area contributed by atoms with E-state index in [1.807, 2.05) is 6.20 Å². The van der Waals surface area contributed by atoms with E-state index in [1.165, 1.54) is 64.2 Å². The molecule has 2 saturated carbocycles. The number of rotatable bonds is 3. The maximum Gasteiger partial charge on any atom is 0.203 e. The molecular weight excluding hydrogens is 222 g/mol. The van der Waals surface area contributed by atoms with E-state index in [1.54, 1.807) is 0 Å². The number of hydrogen-bond donors (Lipinski definition) is 1. The van der Waals surface area contributed by atoms with Crippen molar-refractivity contribution in [3.8, 4) is 0 Å². The molecule has 1 aromatic heterocycles. The number of hydrogen-bond acceptors (Lipinski definition) is 2. The summed E-state index contributed by atoms with van der Waals surface area (Å²) < 4.78 is 2.41. The molecule has 2 fully saturated rings. The Balaban J connectivity index is 1.69. The van der Waals surface area contributed by atoms with Crippen molar-refractivity contribution in [2.45, 2.75) is 76.3 Å².